The van der Waals surface area contributed by atoms with Gasteiger partial charge in [0.1, 0.15) is 5.78 Å². The first kappa shape index (κ1) is 18.5. The minimum Gasteiger partial charge on any atom is -0.755 e. The van der Waals surface area contributed by atoms with E-state index in [-0.39, 0.29) is 55.9 Å². The zero-order valence-corrected chi connectivity index (χ0v) is 12.8. The van der Waals surface area contributed by atoms with Crippen LogP contribution in [0.15, 0.2) is 42.6 Å². The predicted octanol–water partition coefficient (Wildman–Crippen LogP) is 1.52. The predicted molar refractivity (Wildman–Crippen MR) is 72.9 cm³/mol. The molecule has 1 aromatic carbocycles. The Morgan fingerprint density at radius 1 is 1.33 bits per heavy atom. The Bertz CT molecular complexity index is 576. The summed E-state index contributed by atoms with van der Waals surface area (Å²) >= 11 is -2.65. The van der Waals surface area contributed by atoms with E-state index in [2.05, 4.69) is 0 Å². The van der Waals surface area contributed by atoms with E-state index in [1.54, 1.807) is 6.08 Å². The SMILES string of the molecule is CC(=O)C[C@@H]1C(=O)N(S(=O)[O-])C=C[C@@H]1c1ccccc1.[Ar]. The first-order valence-corrected chi connectivity index (χ1v) is 7.19. The summed E-state index contributed by atoms with van der Waals surface area (Å²) in [4.78, 5) is 23.6. The molecule has 0 radical (unpaired) electrons. The van der Waals surface area contributed by atoms with Crippen LogP contribution in [0.4, 0.5) is 0 Å². The largest absolute Gasteiger partial charge is 0.755 e. The Kier molecular flexibility index (Phi) is 7.23. The Labute approximate surface area is 155 Å². The third kappa shape index (κ3) is 4.47. The maximum absolute atomic E-state index is 12.2. The van der Waals surface area contributed by atoms with Gasteiger partial charge in [0.05, 0.1) is 17.2 Å². The number of amides is 1. The van der Waals surface area contributed by atoms with Crippen molar-refractivity contribution in [3.63, 3.8) is 0 Å². The number of carbonyl (C=O) groups is 2. The molecule has 1 aromatic rings. The van der Waals surface area contributed by atoms with Crippen molar-refractivity contribution in [2.45, 2.75) is 19.3 Å². The van der Waals surface area contributed by atoms with Gasteiger partial charge >= 0.3 is 0 Å². The summed E-state index contributed by atoms with van der Waals surface area (Å²) < 4.78 is 22.7. The summed E-state index contributed by atoms with van der Waals surface area (Å²) in [5.41, 5.74) is 0.889. The van der Waals surface area contributed by atoms with Gasteiger partial charge in [-0.2, -0.15) is 0 Å². The third-order valence-corrected chi connectivity index (χ3v) is 3.87. The Balaban J connectivity index is 0.00000220. The number of Topliss-reactive ketones (excluding diaryl/α,β-unsaturated/α-hetero) is 1. The second-order valence-corrected chi connectivity index (χ2v) is 5.50. The first-order chi connectivity index (χ1) is 9.50. The zero-order chi connectivity index (χ0) is 14.7. The van der Waals surface area contributed by atoms with Gasteiger partial charge in [-0.25, -0.2) is 4.31 Å². The third-order valence-electron chi connectivity index (χ3n) is 3.25. The van der Waals surface area contributed by atoms with E-state index in [9.17, 15) is 18.4 Å². The fourth-order valence-corrected chi connectivity index (χ4v) is 2.81. The molecular formula is C14H14ArNO4S-. The molecule has 0 bridgehead atoms. The van der Waals surface area contributed by atoms with E-state index in [4.69, 9.17) is 0 Å². The molecule has 7 heteroatoms. The van der Waals surface area contributed by atoms with Crippen LogP contribution >= 0.6 is 0 Å². The van der Waals surface area contributed by atoms with Crippen molar-refractivity contribution >= 4 is 23.0 Å². The molecule has 1 aliphatic heterocycles. The quantitative estimate of drug-likeness (QED) is 0.783. The van der Waals surface area contributed by atoms with Crippen molar-refractivity contribution in [2.75, 3.05) is 0 Å². The van der Waals surface area contributed by atoms with Gasteiger partial charge in [-0.15, -0.1) is 0 Å². The monoisotopic (exact) mass is 332 g/mol. The average Bonchev–Trinajstić information content (AvgIpc) is 2.41. The Morgan fingerprint density at radius 2 is 1.95 bits per heavy atom. The normalized spacial score (nSPS) is 22.6. The van der Waals surface area contributed by atoms with Gasteiger partial charge < -0.3 is 9.35 Å². The van der Waals surface area contributed by atoms with E-state index < -0.39 is 23.1 Å². The molecule has 0 saturated heterocycles. The van der Waals surface area contributed by atoms with Crippen molar-refractivity contribution in [3.8, 4) is 0 Å². The van der Waals surface area contributed by atoms with E-state index in [0.717, 1.165) is 5.56 Å². The van der Waals surface area contributed by atoms with Crippen molar-refractivity contribution in [1.29, 1.82) is 0 Å². The molecule has 0 N–H and O–H groups in total. The first-order valence-electron chi connectivity index (χ1n) is 6.16. The van der Waals surface area contributed by atoms with Crippen LogP contribution in [0, 0.1) is 43.7 Å². The van der Waals surface area contributed by atoms with Gasteiger partial charge in [0.25, 0.3) is 0 Å². The van der Waals surface area contributed by atoms with Gasteiger partial charge in [-0.05, 0) is 12.5 Å². The van der Waals surface area contributed by atoms with E-state index in [1.807, 2.05) is 30.3 Å². The number of rotatable bonds is 4. The van der Waals surface area contributed by atoms with Crippen LogP contribution in [0.5, 0.6) is 0 Å². The molecule has 5 nitrogen and oxygen atoms in total. The molecule has 1 unspecified atom stereocenters. The van der Waals surface area contributed by atoms with Crippen molar-refractivity contribution < 1.29 is 56.1 Å². The molecule has 0 aromatic heterocycles. The molecule has 0 fully saturated rings. The van der Waals surface area contributed by atoms with Crippen molar-refractivity contribution in [3.05, 3.63) is 48.2 Å². The molecule has 0 saturated carbocycles. The molecule has 0 spiro atoms. The maximum Gasteiger partial charge on any atom is 0.242 e. The maximum atomic E-state index is 12.2. The molecule has 0 aliphatic carbocycles. The van der Waals surface area contributed by atoms with Gasteiger partial charge in [0.15, 0.2) is 0 Å². The van der Waals surface area contributed by atoms with Crippen LogP contribution in [0.1, 0.15) is 24.8 Å². The number of ketones is 1. The van der Waals surface area contributed by atoms with Gasteiger partial charge in [0, 0.05) is 56.3 Å². The van der Waals surface area contributed by atoms with E-state index in [0.29, 0.717) is 4.31 Å². The van der Waals surface area contributed by atoms with Crippen molar-refractivity contribution in [2.24, 2.45) is 5.92 Å². The van der Waals surface area contributed by atoms with Crippen molar-refractivity contribution in [1.82, 2.24) is 4.31 Å². The smallest absolute Gasteiger partial charge is 0.242 e. The molecule has 114 valence electrons. The number of hydrogen-bond donors (Lipinski definition) is 0. The van der Waals surface area contributed by atoms with Gasteiger partial charge in [-0.1, -0.05) is 36.4 Å². The number of hydrogen-bond acceptors (Lipinski definition) is 4. The second kappa shape index (κ2) is 8.19. The van der Waals surface area contributed by atoms with Crippen LogP contribution in [-0.2, 0) is 20.9 Å². The molecular weight excluding hydrogens is 318 g/mol. The van der Waals surface area contributed by atoms with E-state index in [1.165, 1.54) is 13.1 Å². The van der Waals surface area contributed by atoms with Crippen LogP contribution in [-0.4, -0.2) is 24.8 Å². The fourth-order valence-electron chi connectivity index (χ4n) is 2.36. The molecule has 2 rings (SSSR count). The van der Waals surface area contributed by atoms with Gasteiger partial charge in [-0.3, -0.25) is 9.00 Å². The fraction of sp³-hybridized carbons (Fsp3) is 0.286. The number of allylic oxidation sites excluding steroid dienone is 1. The standard InChI is InChI=1S/C14H15NO4S.Ar/c1-10(16)9-13-12(11-5-3-2-4-6-11)7-8-15(14(13)17)20(18)19;/h2-8,12-13H,9H2,1H3,(H,18,19);/p-1/t12-,13+;/m1./s1. The molecule has 1 amide bonds. The van der Waals surface area contributed by atoms with Crippen LogP contribution in [0.2, 0.25) is 0 Å². The molecule has 1 aliphatic rings. The minimum atomic E-state index is -2.65. The Morgan fingerprint density at radius 3 is 2.48 bits per heavy atom. The van der Waals surface area contributed by atoms with Crippen LogP contribution in [0.25, 0.3) is 0 Å². The average molecular weight is 332 g/mol. The minimum absolute atomic E-state index is 0. The van der Waals surface area contributed by atoms with Crippen LogP contribution < -0.4 is 0 Å². The summed E-state index contributed by atoms with van der Waals surface area (Å²) in [5.74, 6) is -1.67. The number of nitrogens with zero attached hydrogens (tertiary/aromatic N) is 1. The molecule has 1 heterocycles. The Hall–Kier alpha value is -0.530. The molecule has 21 heavy (non-hydrogen) atoms. The summed E-state index contributed by atoms with van der Waals surface area (Å²) in [6.07, 6.45) is 2.93. The number of benzene rings is 1. The summed E-state index contributed by atoms with van der Waals surface area (Å²) in [5, 5.41) is 0. The molecule has 3 atom stereocenters. The summed E-state index contributed by atoms with van der Waals surface area (Å²) in [6.45, 7) is 1.39. The summed E-state index contributed by atoms with van der Waals surface area (Å²) in [7, 11) is 0. The van der Waals surface area contributed by atoms with Crippen LogP contribution in [0.3, 0.4) is 0 Å². The zero-order valence-electron chi connectivity index (χ0n) is 11.2. The van der Waals surface area contributed by atoms with Gasteiger partial charge in [0.2, 0.25) is 5.91 Å². The topological polar surface area (TPSA) is 77.5 Å². The number of carbonyl (C=O) groups excluding carboxylic acids is 2. The van der Waals surface area contributed by atoms with E-state index >= 15 is 0 Å². The summed E-state index contributed by atoms with van der Waals surface area (Å²) in [6, 6.07) is 9.27. The second-order valence-electron chi connectivity index (χ2n) is 4.67.